The molecule has 1 aromatic carbocycles. The number of piperidine rings is 1. The Morgan fingerprint density at radius 2 is 2.12 bits per heavy atom. The zero-order valence-corrected chi connectivity index (χ0v) is 19.9. The van der Waals surface area contributed by atoms with Crippen molar-refractivity contribution in [3.63, 3.8) is 0 Å². The van der Waals surface area contributed by atoms with Crippen LogP contribution >= 0.6 is 23.2 Å². The molecule has 0 radical (unpaired) electrons. The maximum atomic E-state index is 6.52. The number of aromatic nitrogens is 2. The van der Waals surface area contributed by atoms with Gasteiger partial charge < -0.3 is 21.1 Å². The quantitative estimate of drug-likeness (QED) is 0.521. The minimum atomic E-state index is 0.155. The summed E-state index contributed by atoms with van der Waals surface area (Å²) in [4.78, 5) is 16.1. The van der Waals surface area contributed by atoms with Crippen molar-refractivity contribution >= 4 is 50.9 Å². The number of nitrogens with two attached hydrogens (primary N) is 1. The summed E-state index contributed by atoms with van der Waals surface area (Å²) in [6.07, 6.45) is 5.01. The molecule has 2 fully saturated rings. The molecule has 172 valence electrons. The van der Waals surface area contributed by atoms with E-state index in [1.54, 1.807) is 6.20 Å². The lowest BCUT2D eigenvalue weighted by Crippen LogP contribution is -2.62. The molecule has 2 aliphatic heterocycles. The molecule has 0 saturated carbocycles. The van der Waals surface area contributed by atoms with Crippen molar-refractivity contribution in [2.24, 2.45) is 10.7 Å². The molecule has 4 rings (SSSR count). The van der Waals surface area contributed by atoms with E-state index >= 15 is 0 Å². The van der Waals surface area contributed by atoms with E-state index in [0.29, 0.717) is 21.8 Å². The third-order valence-electron chi connectivity index (χ3n) is 6.02. The van der Waals surface area contributed by atoms with Crippen LogP contribution in [-0.4, -0.2) is 64.5 Å². The van der Waals surface area contributed by atoms with Crippen molar-refractivity contribution in [1.82, 2.24) is 14.9 Å². The maximum absolute atomic E-state index is 6.52. The van der Waals surface area contributed by atoms with Gasteiger partial charge in [0, 0.05) is 37.4 Å². The summed E-state index contributed by atoms with van der Waals surface area (Å²) in [6.45, 7) is 8.61. The molecule has 3 heterocycles. The Labute approximate surface area is 198 Å². The van der Waals surface area contributed by atoms with Gasteiger partial charge in [0.25, 0.3) is 0 Å². The van der Waals surface area contributed by atoms with Gasteiger partial charge in [-0.15, -0.1) is 0 Å². The predicted molar refractivity (Wildman–Crippen MR) is 132 cm³/mol. The molecule has 8 nitrogen and oxygen atoms in total. The number of anilines is 2. The van der Waals surface area contributed by atoms with E-state index in [4.69, 9.17) is 38.7 Å². The highest BCUT2D eigenvalue weighted by Crippen LogP contribution is 2.29. The zero-order chi connectivity index (χ0) is 22.7. The Morgan fingerprint density at radius 3 is 2.75 bits per heavy atom. The number of hydrogen-bond donors (Lipinski definition) is 3. The van der Waals surface area contributed by atoms with Gasteiger partial charge in [0.15, 0.2) is 0 Å². The summed E-state index contributed by atoms with van der Waals surface area (Å²) in [6, 6.07) is 3.90. The van der Waals surface area contributed by atoms with Crippen LogP contribution in [0.15, 0.2) is 35.2 Å². The van der Waals surface area contributed by atoms with Crippen LogP contribution < -0.4 is 16.4 Å². The molecule has 0 amide bonds. The fraction of sp³-hybridized carbons (Fsp3) is 0.500. The topological polar surface area (TPSA) is 101 Å². The van der Waals surface area contributed by atoms with Gasteiger partial charge in [-0.1, -0.05) is 23.2 Å². The van der Waals surface area contributed by atoms with Crippen LogP contribution in [0.25, 0.3) is 10.9 Å². The van der Waals surface area contributed by atoms with Gasteiger partial charge in [-0.25, -0.2) is 9.97 Å². The average molecular weight is 478 g/mol. The average Bonchev–Trinajstić information content (AvgIpc) is 2.77. The molecular weight excluding hydrogens is 449 g/mol. The summed E-state index contributed by atoms with van der Waals surface area (Å²) in [7, 11) is 0. The number of rotatable bonds is 7. The van der Waals surface area contributed by atoms with Crippen LogP contribution in [-0.2, 0) is 4.74 Å². The van der Waals surface area contributed by atoms with Crippen LogP contribution in [0.3, 0.4) is 0 Å². The van der Waals surface area contributed by atoms with Crippen LogP contribution in [0, 0.1) is 0 Å². The Kier molecular flexibility index (Phi) is 7.05. The van der Waals surface area contributed by atoms with E-state index in [0.717, 1.165) is 62.3 Å². The first-order chi connectivity index (χ1) is 15.4. The zero-order valence-electron chi connectivity index (χ0n) is 18.4. The van der Waals surface area contributed by atoms with Crippen molar-refractivity contribution in [3.8, 4) is 0 Å². The highest BCUT2D eigenvalue weighted by molar-refractivity contribution is 6.69. The second-order valence-electron chi connectivity index (χ2n) is 8.45. The number of hydrogen-bond acceptors (Lipinski definition) is 8. The molecule has 4 N–H and O–H groups in total. The fourth-order valence-corrected chi connectivity index (χ4v) is 4.55. The first-order valence-corrected chi connectivity index (χ1v) is 11.6. The van der Waals surface area contributed by atoms with E-state index in [1.165, 1.54) is 6.20 Å². The fourth-order valence-electron chi connectivity index (χ4n) is 4.06. The predicted octanol–water partition coefficient (Wildman–Crippen LogP) is 3.82. The lowest BCUT2D eigenvalue weighted by Gasteiger charge is -2.49. The Morgan fingerprint density at radius 1 is 1.38 bits per heavy atom. The number of aliphatic imine (C=N–C) groups is 1. The molecule has 0 bridgehead atoms. The smallest absolute Gasteiger partial charge is 0.227 e. The van der Waals surface area contributed by atoms with Crippen molar-refractivity contribution in [2.45, 2.75) is 38.3 Å². The summed E-state index contributed by atoms with van der Waals surface area (Å²) in [5.74, 6) is 0.389. The molecule has 0 unspecified atom stereocenters. The van der Waals surface area contributed by atoms with Crippen molar-refractivity contribution in [2.75, 3.05) is 43.5 Å². The number of fused-ring (bicyclic) bond motifs is 1. The van der Waals surface area contributed by atoms with Gasteiger partial charge in [0.1, 0.15) is 5.17 Å². The normalized spacial score (nSPS) is 20.2. The second-order valence-corrected chi connectivity index (χ2v) is 9.21. The van der Waals surface area contributed by atoms with Crippen molar-refractivity contribution < 1.29 is 4.74 Å². The molecule has 0 spiro atoms. The largest absolute Gasteiger partial charge is 0.403 e. The Bertz CT molecular complexity index is 1030. The first-order valence-electron chi connectivity index (χ1n) is 10.9. The van der Waals surface area contributed by atoms with Gasteiger partial charge in [-0.05, 0) is 38.8 Å². The molecule has 2 aromatic rings. The molecule has 32 heavy (non-hydrogen) atoms. The lowest BCUT2D eigenvalue weighted by molar-refractivity contribution is -0.135. The van der Waals surface area contributed by atoms with Gasteiger partial charge in [-0.2, -0.15) is 0 Å². The molecular formula is C22H29Cl2N7O. The molecule has 0 atom stereocenters. The standard InChI is InChI=1S/C22H29Cl2N7O/c1-3-26-18-9-17-14(8-16(18)23)11-27-21(29-17)30-19(10-25)20(24)28-15-4-6-31(7-5-15)22(2)12-32-13-22/h8-11,15,26H,3-7,12-13,25H2,1-2H3,(H,27,29,30)/b19-10+,28-20?. The SMILES string of the molecule is CCNc1cc2nc(N/C(=C/N)C(Cl)=NC3CCN(C4(C)COC4)CC3)ncc2cc1Cl. The van der Waals surface area contributed by atoms with Crippen molar-refractivity contribution in [1.29, 1.82) is 0 Å². The van der Waals surface area contributed by atoms with Crippen LogP contribution in [0.1, 0.15) is 26.7 Å². The van der Waals surface area contributed by atoms with Crippen LogP contribution in [0.4, 0.5) is 11.6 Å². The van der Waals surface area contributed by atoms with E-state index in [1.807, 2.05) is 19.1 Å². The summed E-state index contributed by atoms with van der Waals surface area (Å²) < 4.78 is 5.39. The maximum Gasteiger partial charge on any atom is 0.227 e. The summed E-state index contributed by atoms with van der Waals surface area (Å²) >= 11 is 12.8. The minimum Gasteiger partial charge on any atom is -0.403 e. The summed E-state index contributed by atoms with van der Waals surface area (Å²) in [5.41, 5.74) is 8.07. The van der Waals surface area contributed by atoms with Crippen molar-refractivity contribution in [3.05, 3.63) is 35.2 Å². The van der Waals surface area contributed by atoms with E-state index in [9.17, 15) is 0 Å². The molecule has 1 aromatic heterocycles. The first kappa shape index (κ1) is 23.0. The van der Waals surface area contributed by atoms with Gasteiger partial charge in [-0.3, -0.25) is 9.89 Å². The number of benzene rings is 1. The van der Waals surface area contributed by atoms with Gasteiger partial charge in [0.2, 0.25) is 5.95 Å². The van der Waals surface area contributed by atoms with Gasteiger partial charge in [0.05, 0.1) is 46.7 Å². The number of halogens is 2. The van der Waals surface area contributed by atoms with Gasteiger partial charge >= 0.3 is 0 Å². The highest BCUT2D eigenvalue weighted by atomic mass is 35.5. The summed E-state index contributed by atoms with van der Waals surface area (Å²) in [5, 5.41) is 8.13. The molecule has 10 heteroatoms. The molecule has 2 aliphatic rings. The monoisotopic (exact) mass is 477 g/mol. The van der Waals surface area contributed by atoms with Crippen LogP contribution in [0.2, 0.25) is 5.02 Å². The van der Waals surface area contributed by atoms with E-state index in [2.05, 4.69) is 32.4 Å². The Hall–Kier alpha value is -2.13. The molecule has 0 aliphatic carbocycles. The highest BCUT2D eigenvalue weighted by Gasteiger charge is 2.40. The molecule has 2 saturated heterocycles. The number of nitrogens with zero attached hydrogens (tertiary/aromatic N) is 4. The Balaban J connectivity index is 1.43. The van der Waals surface area contributed by atoms with Crippen LogP contribution in [0.5, 0.6) is 0 Å². The number of ether oxygens (including phenoxy) is 1. The third-order valence-corrected chi connectivity index (χ3v) is 6.64. The van der Waals surface area contributed by atoms with E-state index in [-0.39, 0.29) is 11.6 Å². The number of nitrogens with one attached hydrogen (secondary N) is 2. The second kappa shape index (κ2) is 9.79. The lowest BCUT2D eigenvalue weighted by atomic mass is 9.93. The minimum absolute atomic E-state index is 0.155. The number of likely N-dealkylation sites (tertiary alicyclic amines) is 1. The van der Waals surface area contributed by atoms with E-state index < -0.39 is 0 Å². The number of allylic oxidation sites excluding steroid dienone is 1. The third kappa shape index (κ3) is 4.93.